The maximum absolute atomic E-state index is 13.8. The first-order valence-corrected chi connectivity index (χ1v) is 9.95. The summed E-state index contributed by atoms with van der Waals surface area (Å²) in [6, 6.07) is 6.48. The van der Waals surface area contributed by atoms with Crippen molar-refractivity contribution in [3.63, 3.8) is 0 Å². The van der Waals surface area contributed by atoms with Gasteiger partial charge in [-0.25, -0.2) is 9.37 Å². The minimum Gasteiger partial charge on any atom is -0.355 e. The van der Waals surface area contributed by atoms with Gasteiger partial charge in [-0.15, -0.1) is 0 Å². The lowest BCUT2D eigenvalue weighted by Crippen LogP contribution is -2.43. The molecule has 0 saturated carbocycles. The van der Waals surface area contributed by atoms with Crippen LogP contribution in [-0.2, 0) is 17.8 Å². The molecular formula is C21H24FN5O2. The quantitative estimate of drug-likeness (QED) is 0.712. The zero-order valence-electron chi connectivity index (χ0n) is 16.6. The van der Waals surface area contributed by atoms with Crippen molar-refractivity contribution in [3.05, 3.63) is 47.2 Å². The van der Waals surface area contributed by atoms with Crippen molar-refractivity contribution >= 4 is 22.8 Å². The molecule has 4 rings (SSSR count). The molecule has 0 spiro atoms. The van der Waals surface area contributed by atoms with E-state index in [1.54, 1.807) is 18.2 Å². The van der Waals surface area contributed by atoms with E-state index in [1.165, 1.54) is 6.07 Å². The molecule has 8 heteroatoms. The van der Waals surface area contributed by atoms with Crippen LogP contribution in [0.25, 0.3) is 11.1 Å². The molecule has 7 nitrogen and oxygen atoms in total. The van der Waals surface area contributed by atoms with E-state index in [2.05, 4.69) is 25.3 Å². The lowest BCUT2D eigenvalue weighted by Gasteiger charge is -2.33. The van der Waals surface area contributed by atoms with Gasteiger partial charge in [0.1, 0.15) is 22.8 Å². The molecule has 1 aliphatic heterocycles. The molecule has 1 amide bonds. The van der Waals surface area contributed by atoms with E-state index in [9.17, 15) is 9.18 Å². The zero-order chi connectivity index (χ0) is 20.4. The number of hydrogen-bond donors (Lipinski definition) is 1. The number of benzene rings is 1. The number of carbonyl (C=O) groups excluding carboxylic acids is 1. The molecule has 152 valence electrons. The number of piperidine rings is 1. The van der Waals surface area contributed by atoms with Crippen molar-refractivity contribution in [3.8, 4) is 0 Å². The van der Waals surface area contributed by atoms with Crippen molar-refractivity contribution in [2.75, 3.05) is 18.0 Å². The van der Waals surface area contributed by atoms with Gasteiger partial charge in [0.15, 0.2) is 0 Å². The SMILES string of the molecule is CCc1noc2nc(C)nc(N3CCC[C@@H](C(=O)NCc4ccccc4F)C3)c12. The van der Waals surface area contributed by atoms with Gasteiger partial charge in [-0.05, 0) is 32.3 Å². The lowest BCUT2D eigenvalue weighted by molar-refractivity contribution is -0.125. The number of aromatic nitrogens is 3. The molecule has 1 atom stereocenters. The molecular weight excluding hydrogens is 373 g/mol. The number of carbonyl (C=O) groups is 1. The minimum atomic E-state index is -0.309. The van der Waals surface area contributed by atoms with Gasteiger partial charge in [-0.1, -0.05) is 30.3 Å². The summed E-state index contributed by atoms with van der Waals surface area (Å²) in [5.41, 5.74) is 1.79. The number of fused-ring (bicyclic) bond motifs is 1. The molecule has 0 aliphatic carbocycles. The molecule has 29 heavy (non-hydrogen) atoms. The molecule has 0 radical (unpaired) electrons. The van der Waals surface area contributed by atoms with Crippen LogP contribution in [0.2, 0.25) is 0 Å². The Morgan fingerprint density at radius 2 is 2.17 bits per heavy atom. The number of nitrogens with zero attached hydrogens (tertiary/aromatic N) is 4. The first kappa shape index (κ1) is 19.3. The second-order valence-corrected chi connectivity index (χ2v) is 7.35. The number of halogens is 1. The third-order valence-electron chi connectivity index (χ3n) is 5.34. The maximum atomic E-state index is 13.8. The summed E-state index contributed by atoms with van der Waals surface area (Å²) in [5.74, 6) is 0.818. The van der Waals surface area contributed by atoms with E-state index in [0.29, 0.717) is 30.1 Å². The monoisotopic (exact) mass is 397 g/mol. The highest BCUT2D eigenvalue weighted by Crippen LogP contribution is 2.31. The van der Waals surface area contributed by atoms with Crippen LogP contribution in [0.1, 0.15) is 36.8 Å². The van der Waals surface area contributed by atoms with E-state index in [0.717, 1.165) is 36.3 Å². The van der Waals surface area contributed by atoms with Crippen LogP contribution in [0, 0.1) is 18.7 Å². The fourth-order valence-corrected chi connectivity index (χ4v) is 3.82. The van der Waals surface area contributed by atoms with Crippen molar-refractivity contribution in [2.24, 2.45) is 5.92 Å². The van der Waals surface area contributed by atoms with Crippen molar-refractivity contribution < 1.29 is 13.7 Å². The van der Waals surface area contributed by atoms with Crippen molar-refractivity contribution in [2.45, 2.75) is 39.7 Å². The van der Waals surface area contributed by atoms with Crippen LogP contribution in [0.3, 0.4) is 0 Å². The van der Waals surface area contributed by atoms with Crippen molar-refractivity contribution in [1.29, 1.82) is 0 Å². The number of anilines is 1. The lowest BCUT2D eigenvalue weighted by atomic mass is 9.96. The van der Waals surface area contributed by atoms with Gasteiger partial charge in [0, 0.05) is 25.2 Å². The first-order chi connectivity index (χ1) is 14.1. The predicted octanol–water partition coefficient (Wildman–Crippen LogP) is 3.16. The molecule has 1 aromatic carbocycles. The van der Waals surface area contributed by atoms with E-state index in [-0.39, 0.29) is 24.2 Å². The summed E-state index contributed by atoms with van der Waals surface area (Å²) in [5, 5.41) is 7.82. The van der Waals surface area contributed by atoms with Gasteiger partial charge in [0.2, 0.25) is 5.91 Å². The molecule has 2 aromatic heterocycles. The molecule has 3 aromatic rings. The Kier molecular flexibility index (Phi) is 5.42. The summed E-state index contributed by atoms with van der Waals surface area (Å²) < 4.78 is 19.2. The Hall–Kier alpha value is -3.03. The average molecular weight is 397 g/mol. The Labute approximate surface area is 168 Å². The van der Waals surface area contributed by atoms with Gasteiger partial charge < -0.3 is 14.7 Å². The summed E-state index contributed by atoms with van der Waals surface area (Å²) >= 11 is 0. The molecule has 1 N–H and O–H groups in total. The molecule has 1 saturated heterocycles. The normalized spacial score (nSPS) is 16.9. The smallest absolute Gasteiger partial charge is 0.263 e. The van der Waals surface area contributed by atoms with Crippen molar-refractivity contribution in [1.82, 2.24) is 20.4 Å². The van der Waals surface area contributed by atoms with Crippen LogP contribution in [0.4, 0.5) is 10.2 Å². The molecule has 0 bridgehead atoms. The van der Waals surface area contributed by atoms with E-state index < -0.39 is 0 Å². The fourth-order valence-electron chi connectivity index (χ4n) is 3.82. The molecule has 0 unspecified atom stereocenters. The summed E-state index contributed by atoms with van der Waals surface area (Å²) in [6.07, 6.45) is 2.37. The second kappa shape index (κ2) is 8.14. The Morgan fingerprint density at radius 1 is 1.34 bits per heavy atom. The largest absolute Gasteiger partial charge is 0.355 e. The second-order valence-electron chi connectivity index (χ2n) is 7.35. The molecule has 3 heterocycles. The van der Waals surface area contributed by atoms with Gasteiger partial charge in [0.05, 0.1) is 11.6 Å². The average Bonchev–Trinajstić information content (AvgIpc) is 3.15. The van der Waals surface area contributed by atoms with Crippen LogP contribution in [0.5, 0.6) is 0 Å². The highest BCUT2D eigenvalue weighted by molar-refractivity contribution is 5.89. The third kappa shape index (κ3) is 3.92. The number of rotatable bonds is 5. The van der Waals surface area contributed by atoms with Crippen LogP contribution < -0.4 is 10.2 Å². The minimum absolute atomic E-state index is 0.0685. The van der Waals surface area contributed by atoms with Crippen LogP contribution in [-0.4, -0.2) is 34.1 Å². The van der Waals surface area contributed by atoms with E-state index in [4.69, 9.17) is 4.52 Å². The number of hydrogen-bond acceptors (Lipinski definition) is 6. The summed E-state index contributed by atoms with van der Waals surface area (Å²) in [4.78, 5) is 23.8. The Morgan fingerprint density at radius 3 is 2.97 bits per heavy atom. The highest BCUT2D eigenvalue weighted by atomic mass is 19.1. The third-order valence-corrected chi connectivity index (χ3v) is 5.34. The van der Waals surface area contributed by atoms with Gasteiger partial charge in [-0.3, -0.25) is 4.79 Å². The van der Waals surface area contributed by atoms with Crippen LogP contribution >= 0.6 is 0 Å². The van der Waals surface area contributed by atoms with E-state index in [1.807, 2.05) is 13.8 Å². The predicted molar refractivity (Wildman–Crippen MR) is 107 cm³/mol. The standard InChI is InChI=1S/C21H24FN5O2/c1-3-17-18-19(24-13(2)25-21(18)29-26-17)27-10-6-8-15(12-27)20(28)23-11-14-7-4-5-9-16(14)22/h4-5,7,9,15H,3,6,8,10-12H2,1-2H3,(H,23,28)/t15-/m1/s1. The van der Waals surface area contributed by atoms with E-state index >= 15 is 0 Å². The van der Waals surface area contributed by atoms with Gasteiger partial charge >= 0.3 is 0 Å². The summed E-state index contributed by atoms with van der Waals surface area (Å²) in [7, 11) is 0. The Bertz CT molecular complexity index is 1040. The summed E-state index contributed by atoms with van der Waals surface area (Å²) in [6.45, 7) is 5.36. The molecule has 1 aliphatic rings. The maximum Gasteiger partial charge on any atom is 0.263 e. The zero-order valence-corrected chi connectivity index (χ0v) is 16.6. The van der Waals surface area contributed by atoms with Crippen LogP contribution in [0.15, 0.2) is 28.8 Å². The number of aryl methyl sites for hydroxylation is 2. The van der Waals surface area contributed by atoms with Gasteiger partial charge in [0.25, 0.3) is 5.71 Å². The Balaban J connectivity index is 1.51. The van der Waals surface area contributed by atoms with Gasteiger partial charge in [-0.2, -0.15) is 4.98 Å². The number of nitrogens with one attached hydrogen (secondary N) is 1. The molecule has 1 fully saturated rings. The first-order valence-electron chi connectivity index (χ1n) is 9.95. The highest BCUT2D eigenvalue weighted by Gasteiger charge is 2.29. The number of amides is 1. The fraction of sp³-hybridized carbons (Fsp3) is 0.429. The topological polar surface area (TPSA) is 84.2 Å².